The standard InChI is InChI=1S/C10H20ClNO2/c1-4-6-12(7-5-11)10(13)8-14-9(2)3/h9H,4-8H2,1-3H3. The van der Waals surface area contributed by atoms with E-state index in [1.807, 2.05) is 20.8 Å². The number of carbonyl (C=O) groups is 1. The highest BCUT2D eigenvalue weighted by Crippen LogP contribution is 1.97. The van der Waals surface area contributed by atoms with E-state index in [2.05, 4.69) is 0 Å². The highest BCUT2D eigenvalue weighted by atomic mass is 35.5. The third-order valence-corrected chi connectivity index (χ3v) is 1.91. The summed E-state index contributed by atoms with van der Waals surface area (Å²) >= 11 is 5.60. The van der Waals surface area contributed by atoms with E-state index in [0.717, 1.165) is 13.0 Å². The van der Waals surface area contributed by atoms with Crippen LogP contribution in [0.15, 0.2) is 0 Å². The van der Waals surface area contributed by atoms with Gasteiger partial charge in [-0.1, -0.05) is 6.92 Å². The Bertz CT molecular complexity index is 156. The average molecular weight is 222 g/mol. The summed E-state index contributed by atoms with van der Waals surface area (Å²) in [6.07, 6.45) is 1.04. The number of ether oxygens (including phenoxy) is 1. The van der Waals surface area contributed by atoms with Crippen molar-refractivity contribution in [1.29, 1.82) is 0 Å². The molecule has 14 heavy (non-hydrogen) atoms. The topological polar surface area (TPSA) is 29.5 Å². The van der Waals surface area contributed by atoms with Crippen molar-refractivity contribution < 1.29 is 9.53 Å². The summed E-state index contributed by atoms with van der Waals surface area (Å²) in [4.78, 5) is 13.3. The number of amides is 1. The fraction of sp³-hybridized carbons (Fsp3) is 0.900. The molecule has 0 heterocycles. The van der Waals surface area contributed by atoms with Gasteiger partial charge in [-0.05, 0) is 20.3 Å². The lowest BCUT2D eigenvalue weighted by atomic mass is 10.4. The first-order valence-corrected chi connectivity index (χ1v) is 5.60. The molecule has 0 aliphatic heterocycles. The van der Waals surface area contributed by atoms with Crippen molar-refractivity contribution in [3.63, 3.8) is 0 Å². The first-order chi connectivity index (χ1) is 6.61. The van der Waals surface area contributed by atoms with E-state index in [0.29, 0.717) is 12.4 Å². The number of hydrogen-bond acceptors (Lipinski definition) is 2. The molecule has 0 bridgehead atoms. The Balaban J connectivity index is 3.88. The zero-order chi connectivity index (χ0) is 11.0. The first kappa shape index (κ1) is 13.7. The van der Waals surface area contributed by atoms with Crippen LogP contribution in [0.3, 0.4) is 0 Å². The van der Waals surface area contributed by atoms with Gasteiger partial charge in [-0.25, -0.2) is 0 Å². The molecule has 0 aromatic heterocycles. The molecule has 0 unspecified atom stereocenters. The monoisotopic (exact) mass is 221 g/mol. The third-order valence-electron chi connectivity index (χ3n) is 1.74. The van der Waals surface area contributed by atoms with Gasteiger partial charge < -0.3 is 9.64 Å². The molecule has 0 radical (unpaired) electrons. The van der Waals surface area contributed by atoms with Gasteiger partial charge in [0.1, 0.15) is 6.61 Å². The van der Waals surface area contributed by atoms with Gasteiger partial charge in [0, 0.05) is 19.0 Å². The zero-order valence-corrected chi connectivity index (χ0v) is 10.0. The molecule has 84 valence electrons. The SMILES string of the molecule is CCCN(CCCl)C(=O)COC(C)C. The predicted octanol–water partition coefficient (Wildman–Crippen LogP) is 1.89. The van der Waals surface area contributed by atoms with Crippen LogP contribution in [0, 0.1) is 0 Å². The van der Waals surface area contributed by atoms with E-state index in [1.165, 1.54) is 0 Å². The van der Waals surface area contributed by atoms with E-state index in [4.69, 9.17) is 16.3 Å². The molecular formula is C10H20ClNO2. The van der Waals surface area contributed by atoms with E-state index in [9.17, 15) is 4.79 Å². The van der Waals surface area contributed by atoms with Gasteiger partial charge in [-0.2, -0.15) is 0 Å². The summed E-state index contributed by atoms with van der Waals surface area (Å²) in [6, 6.07) is 0. The quantitative estimate of drug-likeness (QED) is 0.615. The number of nitrogens with zero attached hydrogens (tertiary/aromatic N) is 1. The molecule has 3 nitrogen and oxygen atoms in total. The molecule has 0 aromatic rings. The van der Waals surface area contributed by atoms with Gasteiger partial charge in [0.05, 0.1) is 6.10 Å². The molecule has 0 spiro atoms. The van der Waals surface area contributed by atoms with Crippen LogP contribution in [0.4, 0.5) is 0 Å². The molecule has 4 heteroatoms. The first-order valence-electron chi connectivity index (χ1n) is 5.07. The van der Waals surface area contributed by atoms with Gasteiger partial charge >= 0.3 is 0 Å². The highest BCUT2D eigenvalue weighted by Gasteiger charge is 2.12. The normalized spacial score (nSPS) is 10.6. The average Bonchev–Trinajstić information content (AvgIpc) is 2.14. The van der Waals surface area contributed by atoms with Crippen LogP contribution in [0.5, 0.6) is 0 Å². The Kier molecular flexibility index (Phi) is 7.90. The molecule has 0 saturated heterocycles. The Morgan fingerprint density at radius 2 is 2.07 bits per heavy atom. The maximum atomic E-state index is 11.6. The minimum absolute atomic E-state index is 0.0289. The van der Waals surface area contributed by atoms with Crippen molar-refractivity contribution in [3.8, 4) is 0 Å². The molecule has 0 N–H and O–H groups in total. The molecule has 1 amide bonds. The Morgan fingerprint density at radius 1 is 1.43 bits per heavy atom. The fourth-order valence-electron chi connectivity index (χ4n) is 1.06. The van der Waals surface area contributed by atoms with E-state index >= 15 is 0 Å². The van der Waals surface area contributed by atoms with E-state index < -0.39 is 0 Å². The maximum absolute atomic E-state index is 11.6. The second-order valence-electron chi connectivity index (χ2n) is 3.43. The summed E-state index contributed by atoms with van der Waals surface area (Å²) in [5, 5.41) is 0. The van der Waals surface area contributed by atoms with Crippen LogP contribution >= 0.6 is 11.6 Å². The molecule has 0 atom stereocenters. The van der Waals surface area contributed by atoms with Gasteiger partial charge in [0.15, 0.2) is 0 Å². The summed E-state index contributed by atoms with van der Waals surface area (Å²) in [5.41, 5.74) is 0. The van der Waals surface area contributed by atoms with Crippen molar-refractivity contribution in [2.75, 3.05) is 25.6 Å². The number of rotatable bonds is 7. The Morgan fingerprint density at radius 3 is 2.50 bits per heavy atom. The minimum atomic E-state index is 0.0289. The lowest BCUT2D eigenvalue weighted by molar-refractivity contribution is -0.137. The zero-order valence-electron chi connectivity index (χ0n) is 9.25. The van der Waals surface area contributed by atoms with E-state index in [-0.39, 0.29) is 18.6 Å². The van der Waals surface area contributed by atoms with E-state index in [1.54, 1.807) is 4.90 Å². The molecule has 0 rings (SSSR count). The second-order valence-corrected chi connectivity index (χ2v) is 3.81. The van der Waals surface area contributed by atoms with Crippen molar-refractivity contribution in [2.45, 2.75) is 33.3 Å². The summed E-state index contributed by atoms with van der Waals surface area (Å²) in [6.45, 7) is 7.40. The van der Waals surface area contributed by atoms with Gasteiger partial charge in [0.25, 0.3) is 0 Å². The van der Waals surface area contributed by atoms with Crippen LogP contribution in [0.2, 0.25) is 0 Å². The number of alkyl halides is 1. The number of halogens is 1. The van der Waals surface area contributed by atoms with Crippen molar-refractivity contribution >= 4 is 17.5 Å². The lowest BCUT2D eigenvalue weighted by Gasteiger charge is -2.21. The molecule has 0 fully saturated rings. The van der Waals surface area contributed by atoms with Crippen molar-refractivity contribution in [2.24, 2.45) is 0 Å². The summed E-state index contributed by atoms with van der Waals surface area (Å²) in [5.74, 6) is 0.508. The second kappa shape index (κ2) is 8.06. The smallest absolute Gasteiger partial charge is 0.248 e. The number of hydrogen-bond donors (Lipinski definition) is 0. The van der Waals surface area contributed by atoms with Crippen molar-refractivity contribution in [3.05, 3.63) is 0 Å². The maximum Gasteiger partial charge on any atom is 0.248 e. The third kappa shape index (κ3) is 6.22. The van der Waals surface area contributed by atoms with Crippen LogP contribution in [-0.2, 0) is 9.53 Å². The van der Waals surface area contributed by atoms with Crippen LogP contribution in [-0.4, -0.2) is 42.5 Å². The number of carbonyl (C=O) groups excluding carboxylic acids is 1. The summed E-state index contributed by atoms with van der Waals surface area (Å²) in [7, 11) is 0. The van der Waals surface area contributed by atoms with Crippen LogP contribution < -0.4 is 0 Å². The molecule has 0 saturated carbocycles. The lowest BCUT2D eigenvalue weighted by Crippen LogP contribution is -2.36. The van der Waals surface area contributed by atoms with Gasteiger partial charge in [-0.15, -0.1) is 11.6 Å². The largest absolute Gasteiger partial charge is 0.369 e. The van der Waals surface area contributed by atoms with Gasteiger partial charge in [0.2, 0.25) is 5.91 Å². The molecule has 0 aliphatic carbocycles. The molecule has 0 aromatic carbocycles. The minimum Gasteiger partial charge on any atom is -0.369 e. The summed E-state index contributed by atoms with van der Waals surface area (Å²) < 4.78 is 5.24. The Hall–Kier alpha value is -0.280. The molecular weight excluding hydrogens is 202 g/mol. The predicted molar refractivity (Wildman–Crippen MR) is 58.7 cm³/mol. The molecule has 0 aliphatic rings. The highest BCUT2D eigenvalue weighted by molar-refractivity contribution is 6.18. The Labute approximate surface area is 91.4 Å². The van der Waals surface area contributed by atoms with Gasteiger partial charge in [-0.3, -0.25) is 4.79 Å². The van der Waals surface area contributed by atoms with Crippen LogP contribution in [0.1, 0.15) is 27.2 Å². The van der Waals surface area contributed by atoms with Crippen molar-refractivity contribution in [1.82, 2.24) is 4.90 Å². The fourth-order valence-corrected chi connectivity index (χ4v) is 1.27. The van der Waals surface area contributed by atoms with Crippen LogP contribution in [0.25, 0.3) is 0 Å².